The van der Waals surface area contributed by atoms with Gasteiger partial charge in [-0.05, 0) is 18.6 Å². The Morgan fingerprint density at radius 3 is 2.47 bits per heavy atom. The lowest BCUT2D eigenvalue weighted by Crippen LogP contribution is -2.32. The molecule has 1 aromatic carbocycles. The van der Waals surface area contributed by atoms with Gasteiger partial charge in [0.05, 0.1) is 16.6 Å². The molecule has 0 bridgehead atoms. The van der Waals surface area contributed by atoms with Crippen LogP contribution in [0.2, 0.25) is 5.02 Å². The van der Waals surface area contributed by atoms with E-state index in [9.17, 15) is 18.0 Å². The molecular weight excluding hydrogens is 281 g/mol. The molecule has 3 nitrogen and oxygen atoms in total. The third-order valence-electron chi connectivity index (χ3n) is 2.82. The van der Waals surface area contributed by atoms with E-state index in [0.717, 1.165) is 5.01 Å². The minimum atomic E-state index is -4.62. The number of benzene rings is 1. The standard InChI is InChI=1S/C12H10ClF3N2O/c1-2-7-10(12(14,15)16)17-18(11(7)19)9-6-4-3-5-8(9)13/h3-7H,2H2,1H3. The zero-order chi connectivity index (χ0) is 14.2. The number of anilines is 1. The Bertz CT molecular complexity index is 542. The van der Waals surface area contributed by atoms with E-state index >= 15 is 0 Å². The summed E-state index contributed by atoms with van der Waals surface area (Å²) < 4.78 is 38.5. The van der Waals surface area contributed by atoms with E-state index in [1.54, 1.807) is 12.1 Å². The Kier molecular flexibility index (Phi) is 3.54. The van der Waals surface area contributed by atoms with Gasteiger partial charge < -0.3 is 0 Å². The van der Waals surface area contributed by atoms with Crippen molar-refractivity contribution in [3.8, 4) is 0 Å². The summed E-state index contributed by atoms with van der Waals surface area (Å²) >= 11 is 5.88. The summed E-state index contributed by atoms with van der Waals surface area (Å²) in [5.41, 5.74) is -0.910. The summed E-state index contributed by atoms with van der Waals surface area (Å²) in [7, 11) is 0. The number of nitrogens with zero attached hydrogens (tertiary/aromatic N) is 2. The van der Waals surface area contributed by atoms with Gasteiger partial charge in [-0.15, -0.1) is 0 Å². The minimum absolute atomic E-state index is 0.0398. The van der Waals surface area contributed by atoms with Crippen LogP contribution in [-0.4, -0.2) is 17.8 Å². The normalized spacial score (nSPS) is 19.8. The highest BCUT2D eigenvalue weighted by molar-refractivity contribution is 6.34. The molecule has 0 aromatic heterocycles. The number of carbonyl (C=O) groups excluding carboxylic acids is 1. The van der Waals surface area contributed by atoms with Gasteiger partial charge in [0.25, 0.3) is 5.91 Å². The van der Waals surface area contributed by atoms with Gasteiger partial charge in [-0.1, -0.05) is 30.7 Å². The molecule has 1 unspecified atom stereocenters. The van der Waals surface area contributed by atoms with E-state index in [2.05, 4.69) is 5.10 Å². The minimum Gasteiger partial charge on any atom is -0.272 e. The number of hydrogen-bond donors (Lipinski definition) is 0. The molecule has 0 saturated heterocycles. The van der Waals surface area contributed by atoms with Crippen LogP contribution in [0.4, 0.5) is 18.9 Å². The van der Waals surface area contributed by atoms with Crippen LogP contribution in [0.3, 0.4) is 0 Å². The maximum Gasteiger partial charge on any atom is 0.432 e. The molecule has 1 atom stereocenters. The molecule has 1 heterocycles. The average Bonchev–Trinajstić information content (AvgIpc) is 2.67. The van der Waals surface area contributed by atoms with Crippen molar-refractivity contribution in [1.29, 1.82) is 0 Å². The zero-order valence-corrected chi connectivity index (χ0v) is 10.7. The molecular formula is C12H10ClF3N2O. The molecule has 7 heteroatoms. The van der Waals surface area contributed by atoms with Crippen LogP contribution in [0.25, 0.3) is 0 Å². The van der Waals surface area contributed by atoms with Crippen LogP contribution in [0.1, 0.15) is 13.3 Å². The molecule has 1 aliphatic heterocycles. The highest BCUT2D eigenvalue weighted by Gasteiger charge is 2.49. The average molecular weight is 291 g/mol. The number of hydrogen-bond acceptors (Lipinski definition) is 2. The second-order valence-electron chi connectivity index (χ2n) is 4.05. The summed E-state index contributed by atoms with van der Waals surface area (Å²) in [6, 6.07) is 6.15. The largest absolute Gasteiger partial charge is 0.432 e. The van der Waals surface area contributed by atoms with E-state index < -0.39 is 23.7 Å². The van der Waals surface area contributed by atoms with Crippen LogP contribution >= 0.6 is 11.6 Å². The maximum atomic E-state index is 12.8. The highest BCUT2D eigenvalue weighted by atomic mass is 35.5. The van der Waals surface area contributed by atoms with Gasteiger partial charge in [-0.2, -0.15) is 23.3 Å². The third-order valence-corrected chi connectivity index (χ3v) is 3.14. The van der Waals surface area contributed by atoms with E-state index in [0.29, 0.717) is 0 Å². The lowest BCUT2D eigenvalue weighted by molar-refractivity contribution is -0.120. The predicted octanol–water partition coefficient (Wildman–Crippen LogP) is 3.63. The highest BCUT2D eigenvalue weighted by Crippen LogP contribution is 2.35. The third kappa shape index (κ3) is 2.45. The number of halogens is 4. The Morgan fingerprint density at radius 2 is 2.00 bits per heavy atom. The number of rotatable bonds is 2. The van der Waals surface area contributed by atoms with Gasteiger partial charge >= 0.3 is 6.18 Å². The predicted molar refractivity (Wildman–Crippen MR) is 66.2 cm³/mol. The number of carbonyl (C=O) groups is 1. The van der Waals surface area contributed by atoms with E-state index in [1.165, 1.54) is 19.1 Å². The van der Waals surface area contributed by atoms with Gasteiger partial charge in [-0.3, -0.25) is 4.79 Å². The van der Waals surface area contributed by atoms with E-state index in [1.807, 2.05) is 0 Å². The lowest BCUT2D eigenvalue weighted by atomic mass is 10.00. The molecule has 0 spiro atoms. The number of amides is 1. The summed E-state index contributed by atoms with van der Waals surface area (Å²) in [5.74, 6) is -1.97. The van der Waals surface area contributed by atoms with Gasteiger partial charge in [0, 0.05) is 0 Å². The van der Waals surface area contributed by atoms with Crippen LogP contribution in [0.5, 0.6) is 0 Å². The molecule has 19 heavy (non-hydrogen) atoms. The quantitative estimate of drug-likeness (QED) is 0.818. The van der Waals surface area contributed by atoms with Crippen molar-refractivity contribution in [2.75, 3.05) is 5.01 Å². The topological polar surface area (TPSA) is 32.7 Å². The Hall–Kier alpha value is -1.56. The second-order valence-corrected chi connectivity index (χ2v) is 4.45. The maximum absolute atomic E-state index is 12.8. The van der Waals surface area contributed by atoms with Crippen molar-refractivity contribution < 1.29 is 18.0 Å². The molecule has 0 radical (unpaired) electrons. The Morgan fingerprint density at radius 1 is 1.37 bits per heavy atom. The Labute approximate surface area is 112 Å². The van der Waals surface area contributed by atoms with Crippen molar-refractivity contribution in [2.45, 2.75) is 19.5 Å². The van der Waals surface area contributed by atoms with Gasteiger partial charge in [0.15, 0.2) is 5.71 Å². The first-order valence-electron chi connectivity index (χ1n) is 5.60. The molecule has 102 valence electrons. The van der Waals surface area contributed by atoms with Crippen molar-refractivity contribution >= 4 is 28.9 Å². The first-order valence-corrected chi connectivity index (χ1v) is 5.98. The van der Waals surface area contributed by atoms with E-state index in [-0.39, 0.29) is 17.1 Å². The van der Waals surface area contributed by atoms with E-state index in [4.69, 9.17) is 11.6 Å². The first kappa shape index (κ1) is 13.9. The molecule has 1 aromatic rings. The SMILES string of the molecule is CCC1C(=O)N(c2ccccc2Cl)N=C1C(F)(F)F. The molecule has 2 rings (SSSR count). The van der Waals surface area contributed by atoms with Crippen LogP contribution in [-0.2, 0) is 4.79 Å². The van der Waals surface area contributed by atoms with Gasteiger partial charge in [0.1, 0.15) is 0 Å². The summed E-state index contributed by atoms with van der Waals surface area (Å²) in [4.78, 5) is 12.0. The first-order chi connectivity index (χ1) is 8.86. The van der Waals surface area contributed by atoms with Crippen LogP contribution < -0.4 is 5.01 Å². The molecule has 0 aliphatic carbocycles. The number of hydrazone groups is 1. The number of para-hydroxylation sites is 1. The fraction of sp³-hybridized carbons (Fsp3) is 0.333. The van der Waals surface area contributed by atoms with Crippen molar-refractivity contribution in [1.82, 2.24) is 0 Å². The molecule has 0 fully saturated rings. The second kappa shape index (κ2) is 4.85. The number of alkyl halides is 3. The molecule has 1 amide bonds. The molecule has 0 N–H and O–H groups in total. The smallest absolute Gasteiger partial charge is 0.272 e. The zero-order valence-electron chi connectivity index (χ0n) is 9.91. The summed E-state index contributed by atoms with van der Waals surface area (Å²) in [5, 5.41) is 4.33. The lowest BCUT2D eigenvalue weighted by Gasteiger charge is -2.14. The van der Waals surface area contributed by atoms with Crippen molar-refractivity contribution in [2.24, 2.45) is 11.0 Å². The summed E-state index contributed by atoms with van der Waals surface area (Å²) in [6.45, 7) is 1.51. The Balaban J connectivity index is 2.47. The van der Waals surface area contributed by atoms with Gasteiger partial charge in [0.2, 0.25) is 0 Å². The molecule has 1 aliphatic rings. The monoisotopic (exact) mass is 290 g/mol. The van der Waals surface area contributed by atoms with Crippen LogP contribution in [0, 0.1) is 5.92 Å². The molecule has 0 saturated carbocycles. The van der Waals surface area contributed by atoms with Crippen LogP contribution in [0.15, 0.2) is 29.4 Å². The fourth-order valence-corrected chi connectivity index (χ4v) is 2.13. The summed E-state index contributed by atoms with van der Waals surface area (Å²) in [6.07, 6.45) is -4.58. The van der Waals surface area contributed by atoms with Crippen molar-refractivity contribution in [3.63, 3.8) is 0 Å². The fourth-order valence-electron chi connectivity index (χ4n) is 1.91. The van der Waals surface area contributed by atoms with Gasteiger partial charge in [-0.25, -0.2) is 0 Å². The van der Waals surface area contributed by atoms with Crippen molar-refractivity contribution in [3.05, 3.63) is 29.3 Å².